The molecule has 1 aromatic heterocycles. The van der Waals surface area contributed by atoms with E-state index < -0.39 is 8.07 Å². The Hall–Kier alpha value is -1.75. The zero-order chi connectivity index (χ0) is 18.8. The second-order valence-electron chi connectivity index (χ2n) is 7.55. The zero-order valence-electron chi connectivity index (χ0n) is 15.4. The van der Waals surface area contributed by atoms with Gasteiger partial charge in [0.2, 0.25) is 0 Å². The van der Waals surface area contributed by atoms with E-state index in [2.05, 4.69) is 97.4 Å². The molecule has 0 aliphatic carbocycles. The first-order chi connectivity index (χ1) is 12.4. The van der Waals surface area contributed by atoms with Crippen molar-refractivity contribution < 1.29 is 5.11 Å². The van der Waals surface area contributed by atoms with Crippen LogP contribution >= 0.6 is 15.9 Å². The van der Waals surface area contributed by atoms with E-state index in [1.165, 1.54) is 10.4 Å². The third kappa shape index (κ3) is 3.17. The largest absolute Gasteiger partial charge is 0.392 e. The maximum Gasteiger partial charge on any atom is 0.177 e. The van der Waals surface area contributed by atoms with Gasteiger partial charge < -0.3 is 5.11 Å². The molecule has 2 nitrogen and oxygen atoms in total. The lowest BCUT2D eigenvalue weighted by atomic mass is 10.2. The van der Waals surface area contributed by atoms with E-state index in [-0.39, 0.29) is 11.6 Å². The van der Waals surface area contributed by atoms with Crippen LogP contribution in [0, 0.1) is 0 Å². The van der Waals surface area contributed by atoms with Gasteiger partial charge in [0.1, 0.15) is 0 Å². The highest BCUT2D eigenvalue weighted by atomic mass is 79.9. The van der Waals surface area contributed by atoms with E-state index in [1.54, 1.807) is 0 Å². The number of hydrogen-bond acceptors (Lipinski definition) is 2. The molecule has 1 heterocycles. The van der Waals surface area contributed by atoms with Gasteiger partial charge in [-0.1, -0.05) is 81.4 Å². The topological polar surface area (TPSA) is 33.1 Å². The minimum Gasteiger partial charge on any atom is -0.392 e. The number of pyridine rings is 1. The van der Waals surface area contributed by atoms with Crippen molar-refractivity contribution >= 4 is 39.7 Å². The molecule has 0 aliphatic rings. The summed E-state index contributed by atoms with van der Waals surface area (Å²) in [7, 11) is -2.51. The molecule has 3 rings (SSSR count). The fourth-order valence-corrected chi connectivity index (χ4v) is 9.95. The SMILES string of the molecule is CC(C)(C)[Si](c1ccccc1)(c1ccccc1)c1ncc(Br)cc1CO. The maximum atomic E-state index is 10.1. The summed E-state index contributed by atoms with van der Waals surface area (Å²) in [5.41, 5.74) is 0.897. The first-order valence-corrected chi connectivity index (χ1v) is 11.6. The Kier molecular flexibility index (Phi) is 5.46. The second-order valence-corrected chi connectivity index (χ2v) is 13.1. The molecule has 4 heteroatoms. The van der Waals surface area contributed by atoms with Crippen molar-refractivity contribution in [3.8, 4) is 0 Å². The van der Waals surface area contributed by atoms with Crippen LogP contribution in [-0.4, -0.2) is 18.2 Å². The molecule has 26 heavy (non-hydrogen) atoms. The zero-order valence-corrected chi connectivity index (χ0v) is 18.0. The average molecular weight is 426 g/mol. The quantitative estimate of drug-likeness (QED) is 0.647. The molecule has 134 valence electrons. The van der Waals surface area contributed by atoms with Gasteiger partial charge in [0.05, 0.1) is 6.61 Å². The van der Waals surface area contributed by atoms with Crippen LogP contribution in [0.3, 0.4) is 0 Å². The fraction of sp³-hybridized carbons (Fsp3) is 0.227. The van der Waals surface area contributed by atoms with Gasteiger partial charge in [-0.25, -0.2) is 0 Å². The Morgan fingerprint density at radius 2 is 1.42 bits per heavy atom. The van der Waals surface area contributed by atoms with Crippen molar-refractivity contribution in [3.63, 3.8) is 0 Å². The molecule has 0 aliphatic heterocycles. The molecule has 0 saturated carbocycles. The van der Waals surface area contributed by atoms with Crippen molar-refractivity contribution in [2.75, 3.05) is 0 Å². The molecule has 1 N–H and O–H groups in total. The first-order valence-electron chi connectivity index (χ1n) is 8.78. The van der Waals surface area contributed by atoms with Crippen LogP contribution in [0.1, 0.15) is 26.3 Å². The molecule has 3 aromatic rings. The molecular weight excluding hydrogens is 402 g/mol. The summed E-state index contributed by atoms with van der Waals surface area (Å²) >= 11 is 3.51. The average Bonchev–Trinajstić information content (AvgIpc) is 2.64. The van der Waals surface area contributed by atoms with Gasteiger partial charge in [-0.15, -0.1) is 0 Å². The molecule has 0 spiro atoms. The van der Waals surface area contributed by atoms with E-state index in [1.807, 2.05) is 12.3 Å². The molecule has 0 saturated heterocycles. The minimum absolute atomic E-state index is 0.0216. The highest BCUT2D eigenvalue weighted by Crippen LogP contribution is 2.36. The second kappa shape index (κ2) is 7.47. The third-order valence-electron chi connectivity index (χ3n) is 5.00. The normalized spacial score (nSPS) is 12.2. The smallest absolute Gasteiger partial charge is 0.177 e. The van der Waals surface area contributed by atoms with Crippen LogP contribution in [0.15, 0.2) is 77.4 Å². The van der Waals surface area contributed by atoms with Crippen molar-refractivity contribution in [2.24, 2.45) is 0 Å². The Bertz CT molecular complexity index is 836. The number of hydrogen-bond donors (Lipinski definition) is 1. The van der Waals surface area contributed by atoms with E-state index in [4.69, 9.17) is 4.98 Å². The van der Waals surface area contributed by atoms with Gasteiger partial charge in [-0.2, -0.15) is 0 Å². The fourth-order valence-electron chi connectivity index (χ4n) is 3.98. The van der Waals surface area contributed by atoms with Gasteiger partial charge in [-0.05, 0) is 43.0 Å². The highest BCUT2D eigenvalue weighted by molar-refractivity contribution is 9.10. The summed E-state index contributed by atoms with van der Waals surface area (Å²) in [6, 6.07) is 23.4. The molecular formula is C22H24BrNOSi. The summed E-state index contributed by atoms with van der Waals surface area (Å²) in [5, 5.41) is 13.7. The Labute approximate surface area is 165 Å². The molecule has 0 atom stereocenters. The minimum atomic E-state index is -2.51. The van der Waals surface area contributed by atoms with Crippen molar-refractivity contribution in [1.29, 1.82) is 0 Å². The van der Waals surface area contributed by atoms with E-state index in [0.29, 0.717) is 0 Å². The molecule has 2 aromatic carbocycles. The summed E-state index contributed by atoms with van der Waals surface area (Å²) < 4.78 is 0.892. The van der Waals surface area contributed by atoms with Crippen LogP contribution < -0.4 is 15.7 Å². The number of aliphatic hydroxyl groups is 1. The summed E-state index contributed by atoms with van der Waals surface area (Å²) in [4.78, 5) is 4.90. The van der Waals surface area contributed by atoms with Gasteiger partial charge in [0.15, 0.2) is 8.07 Å². The number of nitrogens with zero attached hydrogens (tertiary/aromatic N) is 1. The molecule has 0 amide bonds. The lowest BCUT2D eigenvalue weighted by molar-refractivity contribution is 0.282. The van der Waals surface area contributed by atoms with E-state index in [0.717, 1.165) is 15.4 Å². The van der Waals surface area contributed by atoms with Crippen LogP contribution in [0.25, 0.3) is 0 Å². The van der Waals surface area contributed by atoms with Crippen molar-refractivity contribution in [3.05, 3.63) is 83.0 Å². The predicted octanol–water partition coefficient (Wildman–Crippen LogP) is 3.61. The van der Waals surface area contributed by atoms with Gasteiger partial charge in [0, 0.05) is 16.0 Å². The first kappa shape index (κ1) is 19.0. The molecule has 0 bridgehead atoms. The van der Waals surface area contributed by atoms with E-state index in [9.17, 15) is 5.11 Å². The van der Waals surface area contributed by atoms with Gasteiger partial charge in [-0.3, -0.25) is 4.98 Å². The molecule has 0 fully saturated rings. The Balaban J connectivity index is 2.47. The Morgan fingerprint density at radius 1 is 0.923 bits per heavy atom. The van der Waals surface area contributed by atoms with E-state index >= 15 is 0 Å². The number of aliphatic hydroxyl groups excluding tert-OH is 1. The Morgan fingerprint density at radius 3 is 1.85 bits per heavy atom. The van der Waals surface area contributed by atoms with Crippen LogP contribution in [-0.2, 0) is 6.61 Å². The van der Waals surface area contributed by atoms with Crippen molar-refractivity contribution in [1.82, 2.24) is 4.98 Å². The summed E-state index contributed by atoms with van der Waals surface area (Å²) in [6.45, 7) is 6.87. The number of rotatable bonds is 4. The van der Waals surface area contributed by atoms with Crippen LogP contribution in [0.5, 0.6) is 0 Å². The molecule has 0 unspecified atom stereocenters. The number of aromatic nitrogens is 1. The standard InChI is InChI=1S/C22H24BrNOSi/c1-22(2,3)26(19-10-6-4-7-11-19,20-12-8-5-9-13-20)21-17(16-25)14-18(23)15-24-21/h4-15,25H,16H2,1-3H3. The lowest BCUT2D eigenvalue weighted by Gasteiger charge is -2.44. The monoisotopic (exact) mass is 425 g/mol. The molecule has 0 radical (unpaired) electrons. The van der Waals surface area contributed by atoms with Crippen LogP contribution in [0.2, 0.25) is 5.04 Å². The number of halogens is 1. The number of benzene rings is 2. The van der Waals surface area contributed by atoms with Crippen molar-refractivity contribution in [2.45, 2.75) is 32.4 Å². The van der Waals surface area contributed by atoms with Gasteiger partial charge in [0.25, 0.3) is 0 Å². The predicted molar refractivity (Wildman–Crippen MR) is 115 cm³/mol. The van der Waals surface area contributed by atoms with Crippen LogP contribution in [0.4, 0.5) is 0 Å². The summed E-state index contributed by atoms with van der Waals surface area (Å²) in [6.07, 6.45) is 1.86. The highest BCUT2D eigenvalue weighted by Gasteiger charge is 2.51. The summed E-state index contributed by atoms with van der Waals surface area (Å²) in [5.74, 6) is 0. The third-order valence-corrected chi connectivity index (χ3v) is 11.2. The lowest BCUT2D eigenvalue weighted by Crippen LogP contribution is -2.73. The maximum absolute atomic E-state index is 10.1. The van der Waals surface area contributed by atoms with Gasteiger partial charge >= 0.3 is 0 Å².